The molecule has 0 aromatic heterocycles. The molecule has 0 amide bonds. The molecule has 1 aliphatic rings. The molecule has 18 heavy (non-hydrogen) atoms. The average Bonchev–Trinajstić information content (AvgIpc) is 2.47. The second-order valence-corrected chi connectivity index (χ2v) is 5.06. The molecule has 2 rings (SSSR count). The minimum atomic E-state index is 0.410. The van der Waals surface area contributed by atoms with E-state index in [-0.39, 0.29) is 0 Å². The van der Waals surface area contributed by atoms with Gasteiger partial charge in [0.05, 0.1) is 0 Å². The first-order valence-electron chi connectivity index (χ1n) is 6.80. The number of rotatable bonds is 4. The van der Waals surface area contributed by atoms with Crippen molar-refractivity contribution in [2.45, 2.75) is 31.8 Å². The summed E-state index contributed by atoms with van der Waals surface area (Å²) >= 11 is 0. The molecule has 0 aliphatic carbocycles. The van der Waals surface area contributed by atoms with Crippen molar-refractivity contribution in [3.8, 4) is 0 Å². The van der Waals surface area contributed by atoms with Crippen molar-refractivity contribution < 1.29 is 4.74 Å². The highest BCUT2D eigenvalue weighted by molar-refractivity contribution is 5.48. The van der Waals surface area contributed by atoms with Crippen molar-refractivity contribution in [2.75, 3.05) is 32.2 Å². The fourth-order valence-corrected chi connectivity index (χ4v) is 2.45. The first kappa shape index (κ1) is 13.4. The van der Waals surface area contributed by atoms with Gasteiger partial charge in [-0.1, -0.05) is 12.1 Å². The van der Waals surface area contributed by atoms with E-state index < -0.39 is 0 Å². The highest BCUT2D eigenvalue weighted by Crippen LogP contribution is 2.23. The SMILES string of the molecule is CNC(C)c1ccc(N(C)C2CCOCC2)cc1. The third kappa shape index (κ3) is 3.03. The monoisotopic (exact) mass is 248 g/mol. The maximum absolute atomic E-state index is 5.42. The van der Waals surface area contributed by atoms with Crippen LogP contribution in [-0.2, 0) is 4.74 Å². The van der Waals surface area contributed by atoms with Gasteiger partial charge in [0, 0.05) is 38.0 Å². The van der Waals surface area contributed by atoms with Crippen LogP contribution in [0.3, 0.4) is 0 Å². The van der Waals surface area contributed by atoms with Crippen molar-refractivity contribution in [3.63, 3.8) is 0 Å². The van der Waals surface area contributed by atoms with Crippen LogP contribution in [0.5, 0.6) is 0 Å². The number of anilines is 1. The molecule has 1 N–H and O–H groups in total. The third-order valence-electron chi connectivity index (χ3n) is 3.97. The second-order valence-electron chi connectivity index (χ2n) is 5.06. The number of ether oxygens (including phenoxy) is 1. The molecule has 1 heterocycles. The smallest absolute Gasteiger partial charge is 0.0485 e. The fourth-order valence-electron chi connectivity index (χ4n) is 2.45. The van der Waals surface area contributed by atoms with Gasteiger partial charge in [0.15, 0.2) is 0 Å². The van der Waals surface area contributed by atoms with Crippen LogP contribution >= 0.6 is 0 Å². The molecule has 1 aliphatic heterocycles. The summed E-state index contributed by atoms with van der Waals surface area (Å²) in [6.45, 7) is 3.96. The Bertz CT molecular complexity index is 357. The van der Waals surface area contributed by atoms with E-state index in [4.69, 9.17) is 4.74 Å². The topological polar surface area (TPSA) is 24.5 Å². The lowest BCUT2D eigenvalue weighted by atomic mass is 10.0. The van der Waals surface area contributed by atoms with Crippen molar-refractivity contribution in [1.29, 1.82) is 0 Å². The molecule has 0 bridgehead atoms. The zero-order valence-electron chi connectivity index (χ0n) is 11.6. The molecule has 1 aromatic carbocycles. The van der Waals surface area contributed by atoms with Gasteiger partial charge in [0.2, 0.25) is 0 Å². The Morgan fingerprint density at radius 2 is 1.83 bits per heavy atom. The fraction of sp³-hybridized carbons (Fsp3) is 0.600. The van der Waals surface area contributed by atoms with Gasteiger partial charge in [0.25, 0.3) is 0 Å². The van der Waals surface area contributed by atoms with Crippen molar-refractivity contribution >= 4 is 5.69 Å². The Labute approximate surface area is 110 Å². The van der Waals surface area contributed by atoms with Crippen LogP contribution in [0, 0.1) is 0 Å². The largest absolute Gasteiger partial charge is 0.381 e. The van der Waals surface area contributed by atoms with Gasteiger partial charge in [-0.2, -0.15) is 0 Å². The maximum atomic E-state index is 5.42. The second kappa shape index (κ2) is 6.21. The van der Waals surface area contributed by atoms with Crippen LogP contribution in [0.1, 0.15) is 31.4 Å². The molecular formula is C15H24N2O. The summed E-state index contributed by atoms with van der Waals surface area (Å²) in [5.41, 5.74) is 2.63. The first-order valence-corrected chi connectivity index (χ1v) is 6.80. The molecule has 1 fully saturated rings. The Balaban J connectivity index is 2.03. The summed E-state index contributed by atoms with van der Waals surface area (Å²) in [5.74, 6) is 0. The van der Waals surface area contributed by atoms with E-state index in [1.807, 2.05) is 7.05 Å². The summed E-state index contributed by atoms with van der Waals surface area (Å²) in [4.78, 5) is 2.39. The molecular weight excluding hydrogens is 224 g/mol. The standard InChI is InChI=1S/C15H24N2O/c1-12(16-2)13-4-6-14(7-5-13)17(3)15-8-10-18-11-9-15/h4-7,12,15-16H,8-11H2,1-3H3. The third-order valence-corrected chi connectivity index (χ3v) is 3.97. The molecule has 0 spiro atoms. The van der Waals surface area contributed by atoms with Crippen molar-refractivity contribution in [2.24, 2.45) is 0 Å². The van der Waals surface area contributed by atoms with E-state index in [1.165, 1.54) is 11.3 Å². The van der Waals surface area contributed by atoms with Gasteiger partial charge in [-0.25, -0.2) is 0 Å². The predicted molar refractivity (Wildman–Crippen MR) is 76.2 cm³/mol. The van der Waals surface area contributed by atoms with Crippen molar-refractivity contribution in [1.82, 2.24) is 5.32 Å². The summed E-state index contributed by atoms with van der Waals surface area (Å²) in [7, 11) is 4.18. The summed E-state index contributed by atoms with van der Waals surface area (Å²) < 4.78 is 5.42. The van der Waals surface area contributed by atoms with Crippen LogP contribution < -0.4 is 10.2 Å². The van der Waals surface area contributed by atoms with Gasteiger partial charge in [-0.3, -0.25) is 0 Å². The Morgan fingerprint density at radius 1 is 1.22 bits per heavy atom. The van der Waals surface area contributed by atoms with Crippen LogP contribution in [0.2, 0.25) is 0 Å². The summed E-state index contributed by atoms with van der Waals surface area (Å²) in [5, 5.41) is 3.26. The quantitative estimate of drug-likeness (QED) is 0.886. The predicted octanol–water partition coefficient (Wildman–Crippen LogP) is 2.58. The average molecular weight is 248 g/mol. The molecule has 3 heteroatoms. The number of nitrogens with zero attached hydrogens (tertiary/aromatic N) is 1. The number of hydrogen-bond donors (Lipinski definition) is 1. The van der Waals surface area contributed by atoms with E-state index in [9.17, 15) is 0 Å². The minimum Gasteiger partial charge on any atom is -0.381 e. The Morgan fingerprint density at radius 3 is 2.39 bits per heavy atom. The van der Waals surface area contributed by atoms with Crippen LogP contribution in [0.4, 0.5) is 5.69 Å². The summed E-state index contributed by atoms with van der Waals surface area (Å²) in [6.07, 6.45) is 2.26. The Hall–Kier alpha value is -1.06. The molecule has 3 nitrogen and oxygen atoms in total. The van der Waals surface area contributed by atoms with Gasteiger partial charge in [-0.05, 0) is 44.5 Å². The lowest BCUT2D eigenvalue weighted by molar-refractivity contribution is 0.0855. The van der Waals surface area contributed by atoms with E-state index in [1.54, 1.807) is 0 Å². The van der Waals surface area contributed by atoms with Crippen molar-refractivity contribution in [3.05, 3.63) is 29.8 Å². The van der Waals surface area contributed by atoms with Gasteiger partial charge < -0.3 is 15.0 Å². The Kier molecular flexibility index (Phi) is 4.61. The number of nitrogens with one attached hydrogen (secondary N) is 1. The van der Waals surface area contributed by atoms with Gasteiger partial charge >= 0.3 is 0 Å². The normalized spacial score (nSPS) is 18.6. The minimum absolute atomic E-state index is 0.410. The van der Waals surface area contributed by atoms with E-state index >= 15 is 0 Å². The number of hydrogen-bond acceptors (Lipinski definition) is 3. The molecule has 1 unspecified atom stereocenters. The van der Waals surface area contributed by atoms with E-state index in [0.717, 1.165) is 26.1 Å². The van der Waals surface area contributed by atoms with E-state index in [2.05, 4.69) is 48.5 Å². The molecule has 0 saturated carbocycles. The molecule has 100 valence electrons. The lowest BCUT2D eigenvalue weighted by Gasteiger charge is -2.33. The maximum Gasteiger partial charge on any atom is 0.0485 e. The molecule has 1 saturated heterocycles. The lowest BCUT2D eigenvalue weighted by Crippen LogP contribution is -2.36. The highest BCUT2D eigenvalue weighted by atomic mass is 16.5. The van der Waals surface area contributed by atoms with Gasteiger partial charge in [-0.15, -0.1) is 0 Å². The van der Waals surface area contributed by atoms with Crippen LogP contribution in [0.25, 0.3) is 0 Å². The van der Waals surface area contributed by atoms with Crippen LogP contribution in [0.15, 0.2) is 24.3 Å². The zero-order chi connectivity index (χ0) is 13.0. The number of benzene rings is 1. The van der Waals surface area contributed by atoms with Gasteiger partial charge in [0.1, 0.15) is 0 Å². The van der Waals surface area contributed by atoms with Crippen LogP contribution in [-0.4, -0.2) is 33.4 Å². The molecule has 1 atom stereocenters. The zero-order valence-corrected chi connectivity index (χ0v) is 11.6. The summed E-state index contributed by atoms with van der Waals surface area (Å²) in [6, 6.07) is 9.90. The molecule has 0 radical (unpaired) electrons. The first-order chi connectivity index (χ1) is 8.72. The molecule has 1 aromatic rings. The highest BCUT2D eigenvalue weighted by Gasteiger charge is 2.18. The van der Waals surface area contributed by atoms with E-state index in [0.29, 0.717) is 12.1 Å².